The first-order chi connectivity index (χ1) is 7.80. The van der Waals surface area contributed by atoms with Gasteiger partial charge in [-0.05, 0) is 38.2 Å². The van der Waals surface area contributed by atoms with Crippen LogP contribution in [0.4, 0.5) is 5.69 Å². The highest BCUT2D eigenvalue weighted by Crippen LogP contribution is 2.14. The first kappa shape index (κ1) is 13.9. The van der Waals surface area contributed by atoms with Gasteiger partial charge in [-0.25, -0.2) is 21.6 Å². The molecular formula is C9H14N2O4S2. The second kappa shape index (κ2) is 5.03. The van der Waals surface area contributed by atoms with Crippen LogP contribution in [-0.2, 0) is 20.0 Å². The lowest BCUT2D eigenvalue weighted by atomic mass is 10.3. The van der Waals surface area contributed by atoms with Gasteiger partial charge in [0.15, 0.2) is 0 Å². The van der Waals surface area contributed by atoms with Crippen LogP contribution in [0.2, 0.25) is 0 Å². The highest BCUT2D eigenvalue weighted by Gasteiger charge is 2.11. The lowest BCUT2D eigenvalue weighted by Gasteiger charge is -2.07. The molecule has 0 saturated heterocycles. The Labute approximate surface area is 101 Å². The SMILES string of the molecule is CCS(=O)(=O)Nc1ccc(S(=O)(=O)NC)cc1. The van der Waals surface area contributed by atoms with Crippen molar-refractivity contribution in [2.75, 3.05) is 17.5 Å². The van der Waals surface area contributed by atoms with E-state index < -0.39 is 20.0 Å². The molecule has 0 saturated carbocycles. The summed E-state index contributed by atoms with van der Waals surface area (Å²) in [5, 5.41) is 0. The third-order valence-electron chi connectivity index (χ3n) is 2.09. The van der Waals surface area contributed by atoms with Crippen molar-refractivity contribution in [3.05, 3.63) is 24.3 Å². The Kier molecular flexibility index (Phi) is 4.12. The highest BCUT2D eigenvalue weighted by molar-refractivity contribution is 7.92. The second-order valence-electron chi connectivity index (χ2n) is 3.24. The van der Waals surface area contributed by atoms with Gasteiger partial charge in [-0.3, -0.25) is 4.72 Å². The first-order valence-corrected chi connectivity index (χ1v) is 7.98. The Balaban J connectivity index is 2.98. The van der Waals surface area contributed by atoms with E-state index in [-0.39, 0.29) is 10.6 Å². The number of hydrogen-bond acceptors (Lipinski definition) is 4. The van der Waals surface area contributed by atoms with Gasteiger partial charge in [0.1, 0.15) is 0 Å². The standard InChI is InChI=1S/C9H14N2O4S2/c1-3-16(12,13)11-8-4-6-9(7-5-8)17(14,15)10-2/h4-7,10-11H,3H2,1-2H3. The Hall–Kier alpha value is -1.12. The molecule has 0 fully saturated rings. The summed E-state index contributed by atoms with van der Waals surface area (Å²) in [5.41, 5.74) is 0.335. The summed E-state index contributed by atoms with van der Waals surface area (Å²) in [7, 11) is -5.52. The maximum absolute atomic E-state index is 11.4. The number of anilines is 1. The van der Waals surface area contributed by atoms with Gasteiger partial charge in [0.25, 0.3) is 0 Å². The van der Waals surface area contributed by atoms with Crippen LogP contribution in [0.5, 0.6) is 0 Å². The predicted octanol–water partition coefficient (Wildman–Crippen LogP) is 0.356. The minimum absolute atomic E-state index is 0.0381. The normalized spacial score (nSPS) is 12.4. The summed E-state index contributed by atoms with van der Waals surface area (Å²) < 4.78 is 49.8. The van der Waals surface area contributed by atoms with Gasteiger partial charge in [-0.2, -0.15) is 0 Å². The molecule has 1 aromatic carbocycles. The van der Waals surface area contributed by atoms with E-state index in [2.05, 4.69) is 9.44 Å². The van der Waals surface area contributed by atoms with Crippen molar-refractivity contribution in [2.24, 2.45) is 0 Å². The first-order valence-electron chi connectivity index (χ1n) is 4.85. The summed E-state index contributed by atoms with van der Waals surface area (Å²) >= 11 is 0. The lowest BCUT2D eigenvalue weighted by molar-refractivity contribution is 0.588. The molecule has 0 aliphatic heterocycles. The number of hydrogen-bond donors (Lipinski definition) is 2. The third-order valence-corrected chi connectivity index (χ3v) is 4.82. The fourth-order valence-electron chi connectivity index (χ4n) is 1.07. The zero-order chi connectivity index (χ0) is 13.1. The summed E-state index contributed by atoms with van der Waals surface area (Å²) in [5.74, 6) is -0.0381. The Morgan fingerprint density at radius 2 is 1.59 bits per heavy atom. The minimum atomic E-state index is -3.49. The van der Waals surface area contributed by atoms with E-state index in [1.165, 1.54) is 38.2 Å². The van der Waals surface area contributed by atoms with Crippen LogP contribution in [0, 0.1) is 0 Å². The molecule has 96 valence electrons. The zero-order valence-corrected chi connectivity index (χ0v) is 11.1. The van der Waals surface area contributed by atoms with Crippen molar-refractivity contribution in [2.45, 2.75) is 11.8 Å². The summed E-state index contributed by atoms with van der Waals surface area (Å²) in [6.45, 7) is 1.52. The molecule has 0 atom stereocenters. The van der Waals surface area contributed by atoms with Crippen LogP contribution < -0.4 is 9.44 Å². The maximum Gasteiger partial charge on any atom is 0.240 e. The number of nitrogens with one attached hydrogen (secondary N) is 2. The van der Waals surface area contributed by atoms with E-state index in [0.29, 0.717) is 5.69 Å². The molecule has 0 unspecified atom stereocenters. The molecule has 0 spiro atoms. The molecule has 0 amide bonds. The molecule has 1 aromatic rings. The van der Waals surface area contributed by atoms with Crippen LogP contribution in [0.15, 0.2) is 29.2 Å². The van der Waals surface area contributed by atoms with Crippen molar-refractivity contribution in [3.8, 4) is 0 Å². The average molecular weight is 278 g/mol. The summed E-state index contributed by atoms with van der Waals surface area (Å²) in [6, 6.07) is 5.47. The molecular weight excluding hydrogens is 264 g/mol. The van der Waals surface area contributed by atoms with Crippen molar-refractivity contribution in [1.29, 1.82) is 0 Å². The highest BCUT2D eigenvalue weighted by atomic mass is 32.2. The molecule has 1 rings (SSSR count). The van der Waals surface area contributed by atoms with E-state index in [1.807, 2.05) is 0 Å². The van der Waals surface area contributed by atoms with Gasteiger partial charge in [-0.1, -0.05) is 0 Å². The van der Waals surface area contributed by atoms with Gasteiger partial charge < -0.3 is 0 Å². The molecule has 2 N–H and O–H groups in total. The van der Waals surface area contributed by atoms with Gasteiger partial charge in [0.2, 0.25) is 20.0 Å². The van der Waals surface area contributed by atoms with E-state index in [9.17, 15) is 16.8 Å². The second-order valence-corrected chi connectivity index (χ2v) is 7.13. The van der Waals surface area contributed by atoms with Crippen LogP contribution in [-0.4, -0.2) is 29.6 Å². The Morgan fingerprint density at radius 3 is 2.00 bits per heavy atom. The van der Waals surface area contributed by atoms with Gasteiger partial charge >= 0.3 is 0 Å². The molecule has 17 heavy (non-hydrogen) atoms. The topological polar surface area (TPSA) is 92.3 Å². The van der Waals surface area contributed by atoms with E-state index in [4.69, 9.17) is 0 Å². The minimum Gasteiger partial charge on any atom is -0.284 e. The molecule has 0 heterocycles. The zero-order valence-electron chi connectivity index (χ0n) is 9.47. The Bertz CT molecular complexity index is 576. The van der Waals surface area contributed by atoms with Crippen molar-refractivity contribution < 1.29 is 16.8 Å². The fraction of sp³-hybridized carbons (Fsp3) is 0.333. The Morgan fingerprint density at radius 1 is 1.06 bits per heavy atom. The summed E-state index contributed by atoms with van der Waals surface area (Å²) in [6.07, 6.45) is 0. The van der Waals surface area contributed by atoms with Gasteiger partial charge in [0, 0.05) is 5.69 Å². The molecule has 8 heteroatoms. The van der Waals surface area contributed by atoms with Crippen LogP contribution in [0.1, 0.15) is 6.92 Å². The quantitative estimate of drug-likeness (QED) is 0.813. The van der Waals surface area contributed by atoms with E-state index in [0.717, 1.165) is 0 Å². The van der Waals surface area contributed by atoms with Gasteiger partial charge in [-0.15, -0.1) is 0 Å². The molecule has 0 aliphatic carbocycles. The largest absolute Gasteiger partial charge is 0.284 e. The fourth-order valence-corrected chi connectivity index (χ4v) is 2.44. The van der Waals surface area contributed by atoms with Crippen molar-refractivity contribution in [3.63, 3.8) is 0 Å². The molecule has 0 radical (unpaired) electrons. The number of sulfonamides is 2. The van der Waals surface area contributed by atoms with Gasteiger partial charge in [0.05, 0.1) is 10.6 Å². The average Bonchev–Trinajstić information content (AvgIpc) is 2.29. The molecule has 0 aliphatic rings. The molecule has 0 aromatic heterocycles. The lowest BCUT2D eigenvalue weighted by Crippen LogP contribution is -2.18. The maximum atomic E-state index is 11.4. The van der Waals surface area contributed by atoms with E-state index in [1.54, 1.807) is 0 Å². The van der Waals surface area contributed by atoms with Crippen LogP contribution in [0.3, 0.4) is 0 Å². The number of rotatable bonds is 5. The van der Waals surface area contributed by atoms with Crippen LogP contribution >= 0.6 is 0 Å². The van der Waals surface area contributed by atoms with Crippen molar-refractivity contribution in [1.82, 2.24) is 4.72 Å². The third kappa shape index (κ3) is 3.69. The smallest absolute Gasteiger partial charge is 0.240 e. The van der Waals surface area contributed by atoms with Crippen LogP contribution in [0.25, 0.3) is 0 Å². The predicted molar refractivity (Wildman–Crippen MR) is 65.8 cm³/mol. The summed E-state index contributed by atoms with van der Waals surface area (Å²) in [4.78, 5) is 0.0828. The monoisotopic (exact) mass is 278 g/mol. The van der Waals surface area contributed by atoms with Crippen molar-refractivity contribution >= 4 is 25.7 Å². The number of benzene rings is 1. The molecule has 0 bridgehead atoms. The van der Waals surface area contributed by atoms with E-state index >= 15 is 0 Å². The molecule has 6 nitrogen and oxygen atoms in total.